The fourth-order valence-electron chi connectivity index (χ4n) is 2.94. The van der Waals surface area contributed by atoms with E-state index < -0.39 is 10.9 Å². The normalized spacial score (nSPS) is 16.0. The number of nitro benzene ring substituents is 1. The van der Waals surface area contributed by atoms with Gasteiger partial charge in [0, 0.05) is 29.2 Å². The van der Waals surface area contributed by atoms with Gasteiger partial charge in [-0.05, 0) is 45.1 Å². The van der Waals surface area contributed by atoms with Gasteiger partial charge in [0.25, 0.3) is 5.69 Å². The molecule has 0 bridgehead atoms. The summed E-state index contributed by atoms with van der Waals surface area (Å²) in [5, 5.41) is 20.3. The summed E-state index contributed by atoms with van der Waals surface area (Å²) in [4.78, 5) is 25.5. The first-order chi connectivity index (χ1) is 10.9. The van der Waals surface area contributed by atoms with Gasteiger partial charge in [-0.15, -0.1) is 12.4 Å². The van der Waals surface area contributed by atoms with Gasteiger partial charge in [0.1, 0.15) is 0 Å². The predicted octanol–water partition coefficient (Wildman–Crippen LogP) is 2.65. The lowest BCUT2D eigenvalue weighted by molar-refractivity contribution is -0.385. The molecule has 0 amide bonds. The van der Waals surface area contributed by atoms with Crippen molar-refractivity contribution in [3.05, 3.63) is 38.9 Å². The molecule has 9 heteroatoms. The van der Waals surface area contributed by atoms with Crippen LogP contribution in [0.1, 0.15) is 18.4 Å². The Bertz CT molecular complexity index is 592. The number of aliphatic carboxylic acids is 1. The molecule has 134 valence electrons. The zero-order valence-corrected chi connectivity index (χ0v) is 14.9. The number of hydrogen-bond donors (Lipinski definition) is 1. The van der Waals surface area contributed by atoms with Crippen molar-refractivity contribution < 1.29 is 14.8 Å². The molecule has 1 heterocycles. The number of carboxylic acid groups (broad SMARTS) is 1. The molecule has 1 saturated heterocycles. The van der Waals surface area contributed by atoms with Gasteiger partial charge < -0.3 is 5.11 Å². The molecule has 1 N–H and O–H groups in total. The third kappa shape index (κ3) is 5.59. The summed E-state index contributed by atoms with van der Waals surface area (Å²) in [5.74, 6) is -0.827. The first-order valence-electron chi connectivity index (χ1n) is 7.44. The Kier molecular flexibility index (Phi) is 7.89. The van der Waals surface area contributed by atoms with Gasteiger partial charge >= 0.3 is 5.97 Å². The van der Waals surface area contributed by atoms with E-state index in [1.54, 1.807) is 12.1 Å². The number of likely N-dealkylation sites (tertiary alicyclic amines) is 1. The maximum Gasteiger partial charge on any atom is 0.317 e. The van der Waals surface area contributed by atoms with Gasteiger partial charge in [-0.25, -0.2) is 0 Å². The van der Waals surface area contributed by atoms with Crippen LogP contribution in [-0.4, -0.2) is 58.5 Å². The number of carboxylic acids is 1. The van der Waals surface area contributed by atoms with E-state index in [4.69, 9.17) is 16.7 Å². The third-order valence-electron chi connectivity index (χ3n) is 4.20. The number of nitrogens with zero attached hydrogens (tertiary/aromatic N) is 3. The minimum Gasteiger partial charge on any atom is -0.480 e. The van der Waals surface area contributed by atoms with Crippen LogP contribution >= 0.6 is 24.0 Å². The van der Waals surface area contributed by atoms with Gasteiger partial charge in [0.15, 0.2) is 0 Å². The van der Waals surface area contributed by atoms with Gasteiger partial charge in [-0.2, -0.15) is 0 Å². The highest BCUT2D eigenvalue weighted by molar-refractivity contribution is 6.30. The molecular formula is C15H21Cl2N3O4. The highest BCUT2D eigenvalue weighted by atomic mass is 35.5. The first kappa shape index (κ1) is 20.6. The van der Waals surface area contributed by atoms with E-state index in [2.05, 4.69) is 4.90 Å². The number of nitro groups is 1. The zero-order chi connectivity index (χ0) is 17.0. The van der Waals surface area contributed by atoms with Crippen LogP contribution in [0.15, 0.2) is 18.2 Å². The van der Waals surface area contributed by atoms with Crippen LogP contribution in [0.3, 0.4) is 0 Å². The van der Waals surface area contributed by atoms with Crippen molar-refractivity contribution in [2.45, 2.75) is 25.4 Å². The largest absolute Gasteiger partial charge is 0.480 e. The standard InChI is InChI=1S/C15H20ClN3O4.ClH/c1-17(10-15(20)21)13-4-6-18(7-5-13)9-11-2-3-12(16)8-14(11)19(22)23;/h2-3,8,13H,4-7,9-10H2,1H3,(H,20,21);1H. The summed E-state index contributed by atoms with van der Waals surface area (Å²) in [5.41, 5.74) is 0.694. The minimum atomic E-state index is -0.827. The Balaban J connectivity index is 0.00000288. The van der Waals surface area contributed by atoms with Crippen LogP contribution in [0.4, 0.5) is 5.69 Å². The van der Waals surface area contributed by atoms with E-state index in [-0.39, 0.29) is 30.7 Å². The summed E-state index contributed by atoms with van der Waals surface area (Å²) in [6.45, 7) is 2.11. The Morgan fingerprint density at radius 1 is 1.46 bits per heavy atom. The second-order valence-electron chi connectivity index (χ2n) is 5.85. The lowest BCUT2D eigenvalue weighted by Gasteiger charge is -2.36. The Hall–Kier alpha value is -1.41. The molecular weight excluding hydrogens is 357 g/mol. The molecule has 1 aliphatic heterocycles. The van der Waals surface area contributed by atoms with Gasteiger partial charge in [-0.1, -0.05) is 11.6 Å². The summed E-state index contributed by atoms with van der Waals surface area (Å²) in [7, 11) is 1.82. The molecule has 1 aliphatic rings. The van der Waals surface area contributed by atoms with E-state index in [0.717, 1.165) is 25.9 Å². The number of rotatable bonds is 6. The monoisotopic (exact) mass is 377 g/mol. The Morgan fingerprint density at radius 3 is 2.62 bits per heavy atom. The maximum absolute atomic E-state index is 11.1. The van der Waals surface area contributed by atoms with E-state index in [1.807, 2.05) is 11.9 Å². The molecule has 0 saturated carbocycles. The molecule has 0 atom stereocenters. The van der Waals surface area contributed by atoms with Crippen LogP contribution in [0.25, 0.3) is 0 Å². The topological polar surface area (TPSA) is 86.9 Å². The molecule has 0 unspecified atom stereocenters. The molecule has 1 aromatic rings. The van der Waals surface area contributed by atoms with Crippen molar-refractivity contribution in [3.63, 3.8) is 0 Å². The number of benzene rings is 1. The van der Waals surface area contributed by atoms with Crippen molar-refractivity contribution in [3.8, 4) is 0 Å². The van der Waals surface area contributed by atoms with Crippen LogP contribution in [0.5, 0.6) is 0 Å². The molecule has 1 fully saturated rings. The summed E-state index contributed by atoms with van der Waals surface area (Å²) in [6, 6.07) is 4.98. The second-order valence-corrected chi connectivity index (χ2v) is 6.28. The Labute approximate surface area is 151 Å². The molecule has 0 aromatic heterocycles. The zero-order valence-electron chi connectivity index (χ0n) is 13.4. The predicted molar refractivity (Wildman–Crippen MR) is 93.9 cm³/mol. The SMILES string of the molecule is CN(CC(=O)O)C1CCN(Cc2ccc(Cl)cc2[N+](=O)[O-])CC1.Cl. The lowest BCUT2D eigenvalue weighted by atomic mass is 10.0. The molecule has 1 aromatic carbocycles. The average Bonchev–Trinajstić information content (AvgIpc) is 2.49. The summed E-state index contributed by atoms with van der Waals surface area (Å²) >= 11 is 5.83. The van der Waals surface area contributed by atoms with E-state index in [1.165, 1.54) is 6.07 Å². The third-order valence-corrected chi connectivity index (χ3v) is 4.44. The van der Waals surface area contributed by atoms with Crippen LogP contribution in [-0.2, 0) is 11.3 Å². The van der Waals surface area contributed by atoms with Crippen molar-refractivity contribution in [1.82, 2.24) is 9.80 Å². The molecule has 24 heavy (non-hydrogen) atoms. The van der Waals surface area contributed by atoms with E-state index in [0.29, 0.717) is 17.1 Å². The highest BCUT2D eigenvalue weighted by Crippen LogP contribution is 2.26. The molecule has 0 aliphatic carbocycles. The molecule has 7 nitrogen and oxygen atoms in total. The summed E-state index contributed by atoms with van der Waals surface area (Å²) < 4.78 is 0. The quantitative estimate of drug-likeness (QED) is 0.605. The van der Waals surface area contributed by atoms with Gasteiger partial charge in [0.2, 0.25) is 0 Å². The molecule has 2 rings (SSSR count). The van der Waals surface area contributed by atoms with Gasteiger partial charge in [0.05, 0.1) is 11.5 Å². The lowest BCUT2D eigenvalue weighted by Crippen LogP contribution is -2.44. The van der Waals surface area contributed by atoms with Crippen LogP contribution in [0, 0.1) is 10.1 Å². The van der Waals surface area contributed by atoms with E-state index >= 15 is 0 Å². The number of piperidine rings is 1. The van der Waals surface area contributed by atoms with Gasteiger partial charge in [-0.3, -0.25) is 24.7 Å². The van der Waals surface area contributed by atoms with Crippen LogP contribution in [0.2, 0.25) is 5.02 Å². The van der Waals surface area contributed by atoms with Crippen LogP contribution < -0.4 is 0 Å². The fraction of sp³-hybridized carbons (Fsp3) is 0.533. The highest BCUT2D eigenvalue weighted by Gasteiger charge is 2.25. The van der Waals surface area contributed by atoms with Crippen molar-refractivity contribution in [2.24, 2.45) is 0 Å². The fourth-order valence-corrected chi connectivity index (χ4v) is 3.11. The first-order valence-corrected chi connectivity index (χ1v) is 7.82. The minimum absolute atomic E-state index is 0. The maximum atomic E-state index is 11.1. The number of hydrogen-bond acceptors (Lipinski definition) is 5. The average molecular weight is 378 g/mol. The number of likely N-dealkylation sites (N-methyl/N-ethyl adjacent to an activating group) is 1. The molecule has 0 radical (unpaired) electrons. The van der Waals surface area contributed by atoms with E-state index in [9.17, 15) is 14.9 Å². The number of halogens is 2. The number of carbonyl (C=O) groups is 1. The second kappa shape index (κ2) is 9.17. The molecule has 0 spiro atoms. The van der Waals surface area contributed by atoms with Crippen molar-refractivity contribution in [1.29, 1.82) is 0 Å². The summed E-state index contributed by atoms with van der Waals surface area (Å²) in [6.07, 6.45) is 1.70. The van der Waals surface area contributed by atoms with Crippen molar-refractivity contribution in [2.75, 3.05) is 26.7 Å². The van der Waals surface area contributed by atoms with Crippen molar-refractivity contribution >= 4 is 35.7 Å². The Morgan fingerprint density at radius 2 is 2.08 bits per heavy atom. The smallest absolute Gasteiger partial charge is 0.317 e.